The van der Waals surface area contributed by atoms with Gasteiger partial charge in [-0.05, 0) is 42.5 Å². The highest BCUT2D eigenvalue weighted by Crippen LogP contribution is 2.24. The molecular weight excluding hydrogens is 398 g/mol. The van der Waals surface area contributed by atoms with E-state index in [9.17, 15) is 13.2 Å². The molecule has 1 amide bonds. The van der Waals surface area contributed by atoms with Crippen LogP contribution in [0.25, 0.3) is 0 Å². The van der Waals surface area contributed by atoms with Crippen molar-refractivity contribution in [1.82, 2.24) is 10.3 Å². The summed E-state index contributed by atoms with van der Waals surface area (Å²) in [5, 5.41) is 3.06. The van der Waals surface area contributed by atoms with Crippen LogP contribution in [0.4, 0.5) is 5.69 Å². The number of hydrogen-bond donors (Lipinski definition) is 2. The highest BCUT2D eigenvalue weighted by Gasteiger charge is 2.17. The van der Waals surface area contributed by atoms with Gasteiger partial charge in [0, 0.05) is 30.4 Å². The number of carbonyl (C=O) groups is 1. The highest BCUT2D eigenvalue weighted by atomic mass is 35.5. The zero-order valence-corrected chi connectivity index (χ0v) is 16.4. The van der Waals surface area contributed by atoms with E-state index in [1.54, 1.807) is 36.5 Å². The van der Waals surface area contributed by atoms with Crippen molar-refractivity contribution >= 4 is 33.2 Å². The molecule has 0 aliphatic rings. The van der Waals surface area contributed by atoms with E-state index in [1.165, 1.54) is 18.2 Å². The van der Waals surface area contributed by atoms with E-state index < -0.39 is 10.0 Å². The number of anilines is 1. The van der Waals surface area contributed by atoms with E-state index in [4.69, 9.17) is 11.6 Å². The van der Waals surface area contributed by atoms with Gasteiger partial charge in [0.1, 0.15) is 0 Å². The lowest BCUT2D eigenvalue weighted by atomic mass is 10.2. The number of aromatic nitrogens is 1. The van der Waals surface area contributed by atoms with Gasteiger partial charge in [0.05, 0.1) is 15.6 Å². The van der Waals surface area contributed by atoms with E-state index in [1.807, 2.05) is 18.2 Å². The molecule has 0 radical (unpaired) electrons. The van der Waals surface area contributed by atoms with Gasteiger partial charge >= 0.3 is 0 Å². The van der Waals surface area contributed by atoms with Crippen molar-refractivity contribution in [3.63, 3.8) is 0 Å². The number of sulfonamides is 1. The first-order chi connectivity index (χ1) is 13.5. The Balaban J connectivity index is 1.69. The zero-order valence-electron chi connectivity index (χ0n) is 14.8. The summed E-state index contributed by atoms with van der Waals surface area (Å²) in [7, 11) is -3.88. The van der Waals surface area contributed by atoms with E-state index in [2.05, 4.69) is 15.0 Å². The second-order valence-electron chi connectivity index (χ2n) is 5.94. The largest absolute Gasteiger partial charge is 0.352 e. The fourth-order valence-electron chi connectivity index (χ4n) is 2.50. The molecule has 0 unspecified atom stereocenters. The van der Waals surface area contributed by atoms with Crippen molar-refractivity contribution in [2.75, 3.05) is 11.3 Å². The molecule has 8 heteroatoms. The average Bonchev–Trinajstić information content (AvgIpc) is 2.70. The summed E-state index contributed by atoms with van der Waals surface area (Å²) < 4.78 is 27.7. The van der Waals surface area contributed by atoms with Crippen molar-refractivity contribution in [2.24, 2.45) is 0 Å². The van der Waals surface area contributed by atoms with Gasteiger partial charge in [-0.25, -0.2) is 8.42 Å². The molecule has 0 saturated carbocycles. The lowest BCUT2D eigenvalue weighted by molar-refractivity contribution is 0.0954. The molecule has 0 aliphatic heterocycles. The molecule has 0 bridgehead atoms. The monoisotopic (exact) mass is 415 g/mol. The number of amides is 1. The van der Waals surface area contributed by atoms with Crippen molar-refractivity contribution in [1.29, 1.82) is 0 Å². The molecule has 1 aromatic heterocycles. The first-order valence-corrected chi connectivity index (χ1v) is 10.4. The summed E-state index contributed by atoms with van der Waals surface area (Å²) in [6.45, 7) is 0.394. The van der Waals surface area contributed by atoms with Gasteiger partial charge in [-0.3, -0.25) is 14.5 Å². The minimum atomic E-state index is -3.88. The maximum Gasteiger partial charge on any atom is 0.261 e. The number of para-hydroxylation sites is 1. The fourth-order valence-corrected chi connectivity index (χ4v) is 3.87. The van der Waals surface area contributed by atoms with Gasteiger partial charge in [0.2, 0.25) is 0 Å². The van der Waals surface area contributed by atoms with Crippen molar-refractivity contribution in [3.05, 3.63) is 89.2 Å². The Kier molecular flexibility index (Phi) is 6.28. The number of benzene rings is 2. The Morgan fingerprint density at radius 1 is 1.00 bits per heavy atom. The fraction of sp³-hybridized carbons (Fsp3) is 0.100. The molecule has 0 fully saturated rings. The quantitative estimate of drug-likeness (QED) is 0.618. The van der Waals surface area contributed by atoms with Crippen LogP contribution in [0.5, 0.6) is 0 Å². The minimum absolute atomic E-state index is 0.0233. The molecule has 3 rings (SSSR count). The molecule has 6 nitrogen and oxygen atoms in total. The number of carbonyl (C=O) groups excluding carboxylic acids is 1. The first-order valence-electron chi connectivity index (χ1n) is 8.51. The minimum Gasteiger partial charge on any atom is -0.352 e. The molecule has 0 spiro atoms. The van der Waals surface area contributed by atoms with Crippen LogP contribution in [0.3, 0.4) is 0 Å². The average molecular weight is 416 g/mol. The van der Waals surface area contributed by atoms with Crippen LogP contribution in [-0.4, -0.2) is 25.9 Å². The third-order valence-electron chi connectivity index (χ3n) is 3.92. The summed E-state index contributed by atoms with van der Waals surface area (Å²) >= 11 is 6.01. The Morgan fingerprint density at radius 2 is 1.79 bits per heavy atom. The number of pyridine rings is 1. The summed E-state index contributed by atoms with van der Waals surface area (Å²) in [5.74, 6) is -0.356. The molecule has 1 heterocycles. The van der Waals surface area contributed by atoms with Gasteiger partial charge in [-0.2, -0.15) is 0 Å². The van der Waals surface area contributed by atoms with Crippen LogP contribution in [0.2, 0.25) is 5.02 Å². The molecule has 0 atom stereocenters. The summed E-state index contributed by atoms with van der Waals surface area (Å²) in [6.07, 6.45) is 2.27. The SMILES string of the molecule is O=C(NCCc1ccccn1)c1cccc(S(=O)(=O)Nc2ccccc2Cl)c1. The van der Waals surface area contributed by atoms with Crippen molar-refractivity contribution < 1.29 is 13.2 Å². The number of hydrogen-bond acceptors (Lipinski definition) is 4. The molecular formula is C20H18ClN3O3S. The van der Waals surface area contributed by atoms with Gasteiger partial charge in [0.15, 0.2) is 0 Å². The van der Waals surface area contributed by atoms with Gasteiger partial charge in [0.25, 0.3) is 15.9 Å². The van der Waals surface area contributed by atoms with Crippen LogP contribution in [-0.2, 0) is 16.4 Å². The zero-order chi connectivity index (χ0) is 20.0. The molecule has 2 N–H and O–H groups in total. The van der Waals surface area contributed by atoms with Crippen LogP contribution >= 0.6 is 11.6 Å². The Hall–Kier alpha value is -2.90. The Morgan fingerprint density at radius 3 is 2.54 bits per heavy atom. The molecule has 28 heavy (non-hydrogen) atoms. The van der Waals surface area contributed by atoms with Crippen LogP contribution in [0.1, 0.15) is 16.1 Å². The van der Waals surface area contributed by atoms with E-state index in [0.717, 1.165) is 5.69 Å². The molecule has 0 saturated heterocycles. The summed E-state index contributed by atoms with van der Waals surface area (Å²) in [6, 6.07) is 17.9. The molecule has 3 aromatic rings. The van der Waals surface area contributed by atoms with Crippen LogP contribution < -0.4 is 10.0 Å². The predicted octanol–water partition coefficient (Wildman–Crippen LogP) is 3.51. The number of rotatable bonds is 7. The van der Waals surface area contributed by atoms with E-state index >= 15 is 0 Å². The topological polar surface area (TPSA) is 88.2 Å². The third kappa shape index (κ3) is 5.09. The second kappa shape index (κ2) is 8.86. The lowest BCUT2D eigenvalue weighted by Gasteiger charge is -2.11. The van der Waals surface area contributed by atoms with Crippen molar-refractivity contribution in [2.45, 2.75) is 11.3 Å². The third-order valence-corrected chi connectivity index (χ3v) is 5.61. The van der Waals surface area contributed by atoms with E-state index in [-0.39, 0.29) is 27.1 Å². The first kappa shape index (κ1) is 19.9. The predicted molar refractivity (Wildman–Crippen MR) is 109 cm³/mol. The standard InChI is InChI=1S/C20H18ClN3O3S/c21-18-9-1-2-10-19(18)24-28(26,27)17-8-5-6-15(14-17)20(25)23-13-11-16-7-3-4-12-22-16/h1-10,12,14,24H,11,13H2,(H,23,25). The number of nitrogens with one attached hydrogen (secondary N) is 2. The van der Waals surface area contributed by atoms with Crippen LogP contribution in [0.15, 0.2) is 77.8 Å². The Bertz CT molecular complexity index is 1070. The number of halogens is 1. The number of nitrogens with zero attached hydrogens (tertiary/aromatic N) is 1. The van der Waals surface area contributed by atoms with Gasteiger partial charge in [-0.15, -0.1) is 0 Å². The highest BCUT2D eigenvalue weighted by molar-refractivity contribution is 7.92. The second-order valence-corrected chi connectivity index (χ2v) is 8.03. The maximum atomic E-state index is 12.6. The van der Waals surface area contributed by atoms with E-state index in [0.29, 0.717) is 13.0 Å². The summed E-state index contributed by atoms with van der Waals surface area (Å²) in [4.78, 5) is 16.5. The normalized spacial score (nSPS) is 11.0. The van der Waals surface area contributed by atoms with Gasteiger partial charge in [-0.1, -0.05) is 35.9 Å². The van der Waals surface area contributed by atoms with Crippen molar-refractivity contribution in [3.8, 4) is 0 Å². The molecule has 0 aliphatic carbocycles. The van der Waals surface area contributed by atoms with Gasteiger partial charge < -0.3 is 5.32 Å². The molecule has 144 valence electrons. The Labute approximate surface area is 168 Å². The lowest BCUT2D eigenvalue weighted by Crippen LogP contribution is -2.26. The maximum absolute atomic E-state index is 12.6. The summed E-state index contributed by atoms with van der Waals surface area (Å²) in [5.41, 5.74) is 1.39. The van der Waals surface area contributed by atoms with Crippen LogP contribution in [0, 0.1) is 0 Å². The molecule has 2 aromatic carbocycles. The smallest absolute Gasteiger partial charge is 0.261 e.